The lowest BCUT2D eigenvalue weighted by Gasteiger charge is -2.19. The van der Waals surface area contributed by atoms with Crippen LogP contribution in [0.1, 0.15) is 41.6 Å². The van der Waals surface area contributed by atoms with Crippen molar-refractivity contribution in [1.82, 2.24) is 24.9 Å². The van der Waals surface area contributed by atoms with Crippen molar-refractivity contribution in [3.63, 3.8) is 0 Å². The third-order valence-electron chi connectivity index (χ3n) is 4.22. The zero-order chi connectivity index (χ0) is 18.5. The number of aryl methyl sites for hydroxylation is 1. The molecule has 1 atom stereocenters. The first kappa shape index (κ1) is 17.9. The number of hydrogen-bond acceptors (Lipinski definition) is 3. The highest BCUT2D eigenvalue weighted by molar-refractivity contribution is 5.92. The highest BCUT2D eigenvalue weighted by Gasteiger charge is 2.20. The quantitative estimate of drug-likeness (QED) is 0.712. The standard InChI is InChI=1S/C20H25N5O/c1-15(2)12-17-13-19(24(3)23-17)20(26)22-18(14-25-11-7-10-21-25)16-8-5-4-6-9-16/h4-11,13,15,18H,12,14H2,1-3H3,(H,22,26)/t18-/m0/s1. The lowest BCUT2D eigenvalue weighted by molar-refractivity contribution is 0.0922. The monoisotopic (exact) mass is 351 g/mol. The van der Waals surface area contributed by atoms with Crippen LogP contribution in [0.25, 0.3) is 0 Å². The number of rotatable bonds is 7. The summed E-state index contributed by atoms with van der Waals surface area (Å²) in [6.07, 6.45) is 4.49. The first-order chi connectivity index (χ1) is 12.5. The molecule has 26 heavy (non-hydrogen) atoms. The van der Waals surface area contributed by atoms with E-state index in [1.807, 2.05) is 60.4 Å². The molecule has 1 N–H and O–H groups in total. The maximum absolute atomic E-state index is 12.9. The minimum Gasteiger partial charge on any atom is -0.342 e. The Kier molecular flexibility index (Phi) is 5.51. The maximum Gasteiger partial charge on any atom is 0.270 e. The maximum atomic E-state index is 12.9. The molecule has 0 saturated carbocycles. The SMILES string of the molecule is CC(C)Cc1cc(C(=O)N[C@@H](Cn2cccn2)c2ccccc2)n(C)n1. The van der Waals surface area contributed by atoms with E-state index >= 15 is 0 Å². The van der Waals surface area contributed by atoms with Crippen molar-refractivity contribution in [3.8, 4) is 0 Å². The molecule has 3 aromatic rings. The van der Waals surface area contributed by atoms with Crippen molar-refractivity contribution >= 4 is 5.91 Å². The molecule has 3 rings (SSSR count). The molecule has 0 aliphatic heterocycles. The predicted octanol–water partition coefficient (Wildman–Crippen LogP) is 2.99. The third-order valence-corrected chi connectivity index (χ3v) is 4.22. The summed E-state index contributed by atoms with van der Waals surface area (Å²) in [4.78, 5) is 12.9. The largest absolute Gasteiger partial charge is 0.342 e. The Morgan fingerprint density at radius 1 is 1.19 bits per heavy atom. The van der Waals surface area contributed by atoms with Gasteiger partial charge in [-0.05, 0) is 30.0 Å². The molecule has 0 aliphatic carbocycles. The van der Waals surface area contributed by atoms with E-state index in [9.17, 15) is 4.79 Å². The van der Waals surface area contributed by atoms with Gasteiger partial charge in [-0.3, -0.25) is 14.2 Å². The average Bonchev–Trinajstić information content (AvgIpc) is 3.24. The van der Waals surface area contributed by atoms with Crippen LogP contribution in [0.15, 0.2) is 54.9 Å². The number of amides is 1. The van der Waals surface area contributed by atoms with Crippen molar-refractivity contribution in [2.45, 2.75) is 32.9 Å². The van der Waals surface area contributed by atoms with Crippen molar-refractivity contribution in [3.05, 3.63) is 71.8 Å². The lowest BCUT2D eigenvalue weighted by Crippen LogP contribution is -2.32. The molecule has 1 amide bonds. The van der Waals surface area contributed by atoms with Gasteiger partial charge in [0.15, 0.2) is 0 Å². The number of carbonyl (C=O) groups is 1. The molecular formula is C20H25N5O. The van der Waals surface area contributed by atoms with Crippen LogP contribution in [-0.2, 0) is 20.0 Å². The molecule has 136 valence electrons. The average molecular weight is 351 g/mol. The van der Waals surface area contributed by atoms with E-state index in [1.165, 1.54) is 0 Å². The van der Waals surface area contributed by atoms with Gasteiger partial charge in [-0.25, -0.2) is 0 Å². The summed E-state index contributed by atoms with van der Waals surface area (Å²) in [7, 11) is 1.81. The normalized spacial score (nSPS) is 12.3. The second kappa shape index (κ2) is 7.99. The summed E-state index contributed by atoms with van der Waals surface area (Å²) in [6.45, 7) is 4.85. The van der Waals surface area contributed by atoms with E-state index in [0.717, 1.165) is 17.7 Å². The lowest BCUT2D eigenvalue weighted by atomic mass is 10.1. The summed E-state index contributed by atoms with van der Waals surface area (Å²) in [5, 5.41) is 11.9. The van der Waals surface area contributed by atoms with Crippen LogP contribution >= 0.6 is 0 Å². The molecule has 6 nitrogen and oxygen atoms in total. The first-order valence-corrected chi connectivity index (χ1v) is 8.89. The number of nitrogens with zero attached hydrogens (tertiary/aromatic N) is 4. The Bertz CT molecular complexity index is 836. The van der Waals surface area contributed by atoms with E-state index in [4.69, 9.17) is 0 Å². The minimum atomic E-state index is -0.174. The molecule has 0 saturated heterocycles. The van der Waals surface area contributed by atoms with Gasteiger partial charge in [0.05, 0.1) is 18.3 Å². The van der Waals surface area contributed by atoms with Gasteiger partial charge in [0.1, 0.15) is 5.69 Å². The van der Waals surface area contributed by atoms with Gasteiger partial charge >= 0.3 is 0 Å². The van der Waals surface area contributed by atoms with Crippen LogP contribution in [0.2, 0.25) is 0 Å². The third kappa shape index (κ3) is 4.39. The molecular weight excluding hydrogens is 326 g/mol. The van der Waals surface area contributed by atoms with Crippen LogP contribution in [-0.4, -0.2) is 25.5 Å². The van der Waals surface area contributed by atoms with E-state index in [2.05, 4.69) is 29.4 Å². The van der Waals surface area contributed by atoms with Crippen molar-refractivity contribution in [1.29, 1.82) is 0 Å². The smallest absolute Gasteiger partial charge is 0.270 e. The fraction of sp³-hybridized carbons (Fsp3) is 0.350. The highest BCUT2D eigenvalue weighted by atomic mass is 16.2. The number of aromatic nitrogens is 4. The summed E-state index contributed by atoms with van der Waals surface area (Å²) in [5.74, 6) is 0.369. The van der Waals surface area contributed by atoms with Crippen LogP contribution in [0.3, 0.4) is 0 Å². The molecule has 0 spiro atoms. The number of nitrogens with one attached hydrogen (secondary N) is 1. The van der Waals surface area contributed by atoms with Crippen LogP contribution in [0.5, 0.6) is 0 Å². The van der Waals surface area contributed by atoms with Crippen LogP contribution in [0, 0.1) is 5.92 Å². The molecule has 2 aromatic heterocycles. The summed E-state index contributed by atoms with van der Waals surface area (Å²) >= 11 is 0. The predicted molar refractivity (Wildman–Crippen MR) is 101 cm³/mol. The summed E-state index contributed by atoms with van der Waals surface area (Å²) in [5.41, 5.74) is 2.55. The van der Waals surface area contributed by atoms with Gasteiger partial charge in [-0.15, -0.1) is 0 Å². The summed E-state index contributed by atoms with van der Waals surface area (Å²) < 4.78 is 3.48. The van der Waals surface area contributed by atoms with Crippen LogP contribution < -0.4 is 5.32 Å². The molecule has 0 unspecified atom stereocenters. The van der Waals surface area contributed by atoms with Gasteiger partial charge in [0, 0.05) is 19.4 Å². The van der Waals surface area contributed by atoms with Gasteiger partial charge in [0.25, 0.3) is 5.91 Å². The zero-order valence-electron chi connectivity index (χ0n) is 15.5. The topological polar surface area (TPSA) is 64.7 Å². The number of hydrogen-bond donors (Lipinski definition) is 1. The zero-order valence-corrected chi connectivity index (χ0v) is 15.5. The second-order valence-electron chi connectivity index (χ2n) is 6.91. The first-order valence-electron chi connectivity index (χ1n) is 8.89. The Hall–Kier alpha value is -2.89. The summed E-state index contributed by atoms with van der Waals surface area (Å²) in [6, 6.07) is 13.5. The fourth-order valence-corrected chi connectivity index (χ4v) is 3.00. The van der Waals surface area contributed by atoms with Gasteiger partial charge in [-0.1, -0.05) is 44.2 Å². The molecule has 0 aliphatic rings. The number of benzene rings is 1. The Labute approximate surface area is 153 Å². The van der Waals surface area contributed by atoms with E-state index in [1.54, 1.807) is 10.9 Å². The fourth-order valence-electron chi connectivity index (χ4n) is 3.00. The molecule has 1 aromatic carbocycles. The van der Waals surface area contributed by atoms with Crippen molar-refractivity contribution in [2.24, 2.45) is 13.0 Å². The van der Waals surface area contributed by atoms with Crippen molar-refractivity contribution in [2.75, 3.05) is 0 Å². The van der Waals surface area contributed by atoms with Gasteiger partial charge < -0.3 is 5.32 Å². The molecule has 0 radical (unpaired) electrons. The Morgan fingerprint density at radius 2 is 1.96 bits per heavy atom. The number of carbonyl (C=O) groups excluding carboxylic acids is 1. The minimum absolute atomic E-state index is 0.129. The molecule has 2 heterocycles. The van der Waals surface area contributed by atoms with Crippen LogP contribution in [0.4, 0.5) is 0 Å². The van der Waals surface area contributed by atoms with Crippen molar-refractivity contribution < 1.29 is 4.79 Å². The molecule has 0 bridgehead atoms. The van der Waals surface area contributed by atoms with Gasteiger partial charge in [-0.2, -0.15) is 10.2 Å². The Balaban J connectivity index is 1.80. The van der Waals surface area contributed by atoms with Gasteiger partial charge in [0.2, 0.25) is 0 Å². The molecule has 0 fully saturated rings. The van der Waals surface area contributed by atoms with E-state index in [-0.39, 0.29) is 11.9 Å². The second-order valence-corrected chi connectivity index (χ2v) is 6.91. The van der Waals surface area contributed by atoms with E-state index < -0.39 is 0 Å². The molecule has 6 heteroatoms. The Morgan fingerprint density at radius 3 is 2.62 bits per heavy atom. The highest BCUT2D eigenvalue weighted by Crippen LogP contribution is 2.16. The van der Waals surface area contributed by atoms with E-state index in [0.29, 0.717) is 18.2 Å².